The van der Waals surface area contributed by atoms with E-state index in [1.165, 1.54) is 12.0 Å². The predicted octanol–water partition coefficient (Wildman–Crippen LogP) is 2.79. The molecule has 1 fully saturated rings. The molecule has 1 nitrogen and oxygen atoms in total. The van der Waals surface area contributed by atoms with Crippen molar-refractivity contribution in [2.75, 3.05) is 0 Å². The van der Waals surface area contributed by atoms with Crippen LogP contribution in [0.1, 0.15) is 24.8 Å². The second-order valence-corrected chi connectivity index (χ2v) is 4.29. The normalized spacial score (nSPS) is 28.5. The third kappa shape index (κ3) is 1.72. The lowest BCUT2D eigenvalue weighted by molar-refractivity contribution is 0.632. The summed E-state index contributed by atoms with van der Waals surface area (Å²) in [7, 11) is 0. The van der Waals surface area contributed by atoms with E-state index in [1.54, 1.807) is 0 Å². The van der Waals surface area contributed by atoms with E-state index in [-0.39, 0.29) is 0 Å². The van der Waals surface area contributed by atoms with E-state index >= 15 is 0 Å². The molecule has 0 aliphatic heterocycles. The summed E-state index contributed by atoms with van der Waals surface area (Å²) in [6.07, 6.45) is 1.20. The Morgan fingerprint density at radius 3 is 2.69 bits per heavy atom. The lowest BCUT2D eigenvalue weighted by atomic mass is 10.1. The van der Waals surface area contributed by atoms with Crippen LogP contribution in [-0.2, 0) is 0 Å². The Balaban J connectivity index is 2.16. The van der Waals surface area contributed by atoms with E-state index in [1.807, 2.05) is 18.2 Å². The first kappa shape index (κ1) is 9.04. The van der Waals surface area contributed by atoms with Crippen LogP contribution in [0.5, 0.6) is 0 Å². The molecule has 70 valence electrons. The Labute approximate surface area is 83.9 Å². The molecular formula is C11H14ClN. The van der Waals surface area contributed by atoms with Gasteiger partial charge < -0.3 is 5.73 Å². The summed E-state index contributed by atoms with van der Waals surface area (Å²) in [6.45, 7) is 2.07. The zero-order valence-corrected chi connectivity index (χ0v) is 8.46. The summed E-state index contributed by atoms with van der Waals surface area (Å²) < 4.78 is 0. The molecule has 1 aromatic carbocycles. The fraction of sp³-hybridized carbons (Fsp3) is 0.455. The SMILES string of the molecule is C[C@H](N)[C@@H]1C[C@H]1c1ccccc1Cl. The number of rotatable bonds is 2. The molecule has 0 amide bonds. The number of hydrogen-bond acceptors (Lipinski definition) is 1. The van der Waals surface area contributed by atoms with Crippen LogP contribution in [0, 0.1) is 5.92 Å². The maximum Gasteiger partial charge on any atom is 0.0440 e. The molecule has 1 aliphatic carbocycles. The first-order chi connectivity index (χ1) is 6.20. The third-order valence-electron chi connectivity index (χ3n) is 2.82. The van der Waals surface area contributed by atoms with Crippen molar-refractivity contribution in [1.82, 2.24) is 0 Å². The van der Waals surface area contributed by atoms with Gasteiger partial charge in [-0.05, 0) is 36.8 Å². The number of halogens is 1. The summed E-state index contributed by atoms with van der Waals surface area (Å²) in [5, 5.41) is 0.885. The van der Waals surface area contributed by atoms with Crippen LogP contribution in [0.2, 0.25) is 5.02 Å². The van der Waals surface area contributed by atoms with Gasteiger partial charge in [-0.2, -0.15) is 0 Å². The molecule has 0 spiro atoms. The van der Waals surface area contributed by atoms with Crippen molar-refractivity contribution in [2.45, 2.75) is 25.3 Å². The van der Waals surface area contributed by atoms with Gasteiger partial charge >= 0.3 is 0 Å². The van der Waals surface area contributed by atoms with Crippen LogP contribution in [0.15, 0.2) is 24.3 Å². The Bertz CT molecular complexity index is 309. The largest absolute Gasteiger partial charge is 0.328 e. The molecule has 1 saturated carbocycles. The first-order valence-corrected chi connectivity index (χ1v) is 5.08. The topological polar surface area (TPSA) is 26.0 Å². The van der Waals surface area contributed by atoms with Gasteiger partial charge in [-0.25, -0.2) is 0 Å². The van der Waals surface area contributed by atoms with Gasteiger partial charge in [0.25, 0.3) is 0 Å². The second kappa shape index (κ2) is 3.32. The van der Waals surface area contributed by atoms with Gasteiger partial charge in [0.15, 0.2) is 0 Å². The highest BCUT2D eigenvalue weighted by Crippen LogP contribution is 2.50. The molecule has 2 heteroatoms. The van der Waals surface area contributed by atoms with E-state index in [4.69, 9.17) is 17.3 Å². The molecule has 1 aliphatic rings. The summed E-state index contributed by atoms with van der Waals surface area (Å²) in [5.74, 6) is 1.24. The first-order valence-electron chi connectivity index (χ1n) is 4.70. The van der Waals surface area contributed by atoms with Crippen molar-refractivity contribution in [1.29, 1.82) is 0 Å². The lowest BCUT2D eigenvalue weighted by Gasteiger charge is -2.05. The van der Waals surface area contributed by atoms with Gasteiger partial charge in [0, 0.05) is 11.1 Å². The van der Waals surface area contributed by atoms with Gasteiger partial charge in [0.1, 0.15) is 0 Å². The van der Waals surface area contributed by atoms with Gasteiger partial charge in [-0.15, -0.1) is 0 Å². The molecule has 3 atom stereocenters. The van der Waals surface area contributed by atoms with E-state index in [0.717, 1.165) is 5.02 Å². The smallest absolute Gasteiger partial charge is 0.0440 e. The van der Waals surface area contributed by atoms with Crippen LogP contribution >= 0.6 is 11.6 Å². The fourth-order valence-corrected chi connectivity index (χ4v) is 2.21. The molecule has 2 rings (SSSR count). The minimum absolute atomic E-state index is 0.293. The highest BCUT2D eigenvalue weighted by Gasteiger charge is 2.41. The zero-order chi connectivity index (χ0) is 9.42. The van der Waals surface area contributed by atoms with Crippen LogP contribution in [-0.4, -0.2) is 6.04 Å². The summed E-state index contributed by atoms with van der Waals surface area (Å²) in [5.41, 5.74) is 7.10. The summed E-state index contributed by atoms with van der Waals surface area (Å²) in [6, 6.07) is 8.36. The van der Waals surface area contributed by atoms with Gasteiger partial charge in [0.05, 0.1) is 0 Å². The Morgan fingerprint density at radius 1 is 1.46 bits per heavy atom. The van der Waals surface area contributed by atoms with Gasteiger partial charge in [0.2, 0.25) is 0 Å². The second-order valence-electron chi connectivity index (χ2n) is 3.89. The molecule has 1 aromatic rings. The van der Waals surface area contributed by atoms with Gasteiger partial charge in [-0.1, -0.05) is 29.8 Å². The number of benzene rings is 1. The molecule has 0 radical (unpaired) electrons. The lowest BCUT2D eigenvalue weighted by Crippen LogP contribution is -2.17. The molecule has 0 heterocycles. The summed E-state index contributed by atoms with van der Waals surface area (Å²) in [4.78, 5) is 0. The van der Waals surface area contributed by atoms with E-state index in [2.05, 4.69) is 13.0 Å². The molecule has 0 unspecified atom stereocenters. The quantitative estimate of drug-likeness (QED) is 0.772. The number of hydrogen-bond donors (Lipinski definition) is 1. The third-order valence-corrected chi connectivity index (χ3v) is 3.16. The van der Waals surface area contributed by atoms with Crippen molar-refractivity contribution in [3.8, 4) is 0 Å². The molecule has 2 N–H and O–H groups in total. The Morgan fingerprint density at radius 2 is 2.15 bits per heavy atom. The van der Waals surface area contributed by atoms with Crippen LogP contribution in [0.4, 0.5) is 0 Å². The van der Waals surface area contributed by atoms with Crippen molar-refractivity contribution >= 4 is 11.6 Å². The maximum atomic E-state index is 6.09. The molecular weight excluding hydrogens is 182 g/mol. The van der Waals surface area contributed by atoms with Crippen molar-refractivity contribution in [3.63, 3.8) is 0 Å². The average Bonchev–Trinajstić information content (AvgIpc) is 2.84. The molecule has 13 heavy (non-hydrogen) atoms. The average molecular weight is 196 g/mol. The van der Waals surface area contributed by atoms with Crippen molar-refractivity contribution in [3.05, 3.63) is 34.9 Å². The zero-order valence-electron chi connectivity index (χ0n) is 7.70. The summed E-state index contributed by atoms with van der Waals surface area (Å²) >= 11 is 6.09. The van der Waals surface area contributed by atoms with Crippen molar-refractivity contribution in [2.24, 2.45) is 11.7 Å². The monoisotopic (exact) mass is 195 g/mol. The standard InChI is InChI=1S/C11H14ClN/c1-7(13)9-6-10(9)8-4-2-3-5-11(8)12/h2-5,7,9-10H,6,13H2,1H3/t7-,9-,10-/m0/s1. The Hall–Kier alpha value is -0.530. The van der Waals surface area contributed by atoms with Crippen molar-refractivity contribution < 1.29 is 0 Å². The number of nitrogens with two attached hydrogens (primary N) is 1. The van der Waals surface area contributed by atoms with E-state index < -0.39 is 0 Å². The molecule has 0 aromatic heterocycles. The highest BCUT2D eigenvalue weighted by molar-refractivity contribution is 6.31. The predicted molar refractivity (Wildman–Crippen MR) is 55.9 cm³/mol. The minimum atomic E-state index is 0.293. The van der Waals surface area contributed by atoms with Crippen LogP contribution in [0.3, 0.4) is 0 Å². The highest BCUT2D eigenvalue weighted by atomic mass is 35.5. The Kier molecular flexibility index (Phi) is 2.31. The molecule has 0 saturated heterocycles. The fourth-order valence-electron chi connectivity index (χ4n) is 1.93. The molecule has 0 bridgehead atoms. The van der Waals surface area contributed by atoms with E-state index in [9.17, 15) is 0 Å². The minimum Gasteiger partial charge on any atom is -0.328 e. The van der Waals surface area contributed by atoms with Crippen LogP contribution in [0.25, 0.3) is 0 Å². The van der Waals surface area contributed by atoms with Gasteiger partial charge in [-0.3, -0.25) is 0 Å². The van der Waals surface area contributed by atoms with Crippen LogP contribution < -0.4 is 5.73 Å². The maximum absolute atomic E-state index is 6.09. The van der Waals surface area contributed by atoms with E-state index in [0.29, 0.717) is 17.9 Å².